The Morgan fingerprint density at radius 3 is 2.42 bits per heavy atom. The van der Waals surface area contributed by atoms with Gasteiger partial charge in [-0.25, -0.2) is 0 Å². The molecule has 4 atom stereocenters. The summed E-state index contributed by atoms with van der Waals surface area (Å²) < 4.78 is 0. The molecule has 1 saturated heterocycles. The first kappa shape index (κ1) is 7.37. The molecule has 0 aromatic heterocycles. The first-order valence-electron chi connectivity index (χ1n) is 5.25. The van der Waals surface area contributed by atoms with Gasteiger partial charge in [0.25, 0.3) is 0 Å². The minimum atomic E-state index is 0.616. The van der Waals surface area contributed by atoms with E-state index in [4.69, 9.17) is 0 Å². The first-order valence-corrected chi connectivity index (χ1v) is 5.25. The summed E-state index contributed by atoms with van der Waals surface area (Å²) in [6.45, 7) is 8.78. The van der Waals surface area contributed by atoms with Crippen LogP contribution < -0.4 is 5.32 Å². The number of rotatable bonds is 0. The van der Waals surface area contributed by atoms with E-state index in [-0.39, 0.29) is 0 Å². The molecule has 4 unspecified atom stereocenters. The molecule has 0 spiro atoms. The van der Waals surface area contributed by atoms with E-state index in [0.29, 0.717) is 16.2 Å². The number of nitrogens with one attached hydrogen (secondary N) is 1. The van der Waals surface area contributed by atoms with Crippen molar-refractivity contribution in [2.45, 2.75) is 46.1 Å². The van der Waals surface area contributed by atoms with E-state index in [1.807, 2.05) is 0 Å². The Kier molecular flexibility index (Phi) is 0.991. The molecule has 2 saturated carbocycles. The van der Waals surface area contributed by atoms with Crippen LogP contribution in [-0.4, -0.2) is 12.6 Å². The van der Waals surface area contributed by atoms with E-state index in [9.17, 15) is 0 Å². The van der Waals surface area contributed by atoms with Crippen molar-refractivity contribution in [3.05, 3.63) is 0 Å². The van der Waals surface area contributed by atoms with Gasteiger partial charge in [0.1, 0.15) is 0 Å². The van der Waals surface area contributed by atoms with Gasteiger partial charge in [0, 0.05) is 12.6 Å². The summed E-state index contributed by atoms with van der Waals surface area (Å²) in [4.78, 5) is 0. The molecular formula is C11H19N. The molecule has 1 nitrogen and oxygen atoms in total. The Hall–Kier alpha value is -0.0400. The molecule has 0 aromatic rings. The normalized spacial score (nSPS) is 67.8. The van der Waals surface area contributed by atoms with E-state index in [2.05, 4.69) is 26.1 Å². The second-order valence-corrected chi connectivity index (χ2v) is 5.96. The summed E-state index contributed by atoms with van der Waals surface area (Å²) in [5, 5.41) is 3.69. The third-order valence-electron chi connectivity index (χ3n) is 5.83. The lowest BCUT2D eigenvalue weighted by Crippen LogP contribution is -2.59. The Balaban J connectivity index is 2.13. The lowest BCUT2D eigenvalue weighted by atomic mass is 9.46. The molecule has 3 aliphatic rings. The molecule has 68 valence electrons. The van der Waals surface area contributed by atoms with Gasteiger partial charge in [-0.05, 0) is 35.5 Å². The Morgan fingerprint density at radius 1 is 1.08 bits per heavy atom. The van der Waals surface area contributed by atoms with Gasteiger partial charge >= 0.3 is 0 Å². The van der Waals surface area contributed by atoms with Crippen LogP contribution in [0.15, 0.2) is 0 Å². The van der Waals surface area contributed by atoms with E-state index < -0.39 is 0 Å². The zero-order chi connectivity index (χ0) is 8.61. The maximum absolute atomic E-state index is 3.69. The molecule has 3 fully saturated rings. The van der Waals surface area contributed by atoms with Crippen molar-refractivity contribution >= 4 is 0 Å². The highest BCUT2D eigenvalue weighted by Crippen LogP contribution is 2.75. The van der Waals surface area contributed by atoms with Crippen molar-refractivity contribution in [3.8, 4) is 0 Å². The molecule has 12 heavy (non-hydrogen) atoms. The van der Waals surface area contributed by atoms with Crippen LogP contribution in [-0.2, 0) is 0 Å². The van der Waals surface area contributed by atoms with Crippen LogP contribution >= 0.6 is 0 Å². The quantitative estimate of drug-likeness (QED) is 0.580. The highest BCUT2D eigenvalue weighted by molar-refractivity contribution is 5.25. The van der Waals surface area contributed by atoms with Crippen LogP contribution in [0.5, 0.6) is 0 Å². The van der Waals surface area contributed by atoms with Gasteiger partial charge in [-0.15, -0.1) is 0 Å². The Morgan fingerprint density at radius 2 is 1.75 bits per heavy atom. The van der Waals surface area contributed by atoms with Crippen molar-refractivity contribution < 1.29 is 0 Å². The Bertz CT molecular complexity index is 245. The average Bonchev–Trinajstić information content (AvgIpc) is 2.30. The van der Waals surface area contributed by atoms with Gasteiger partial charge in [-0.2, -0.15) is 0 Å². The molecular weight excluding hydrogens is 146 g/mol. The van der Waals surface area contributed by atoms with E-state index in [1.165, 1.54) is 25.8 Å². The second kappa shape index (κ2) is 1.61. The third-order valence-corrected chi connectivity index (χ3v) is 5.83. The molecule has 0 amide bonds. The summed E-state index contributed by atoms with van der Waals surface area (Å²) in [6, 6.07) is 0.843. The molecule has 0 bridgehead atoms. The van der Waals surface area contributed by atoms with E-state index in [1.54, 1.807) is 0 Å². The minimum Gasteiger partial charge on any atom is -0.313 e. The van der Waals surface area contributed by atoms with Crippen LogP contribution in [0.1, 0.15) is 40.0 Å². The third kappa shape index (κ3) is 0.454. The smallest absolute Gasteiger partial charge is 0.0137 e. The molecule has 0 radical (unpaired) electrons. The van der Waals surface area contributed by atoms with Crippen molar-refractivity contribution in [2.75, 3.05) is 6.54 Å². The number of hydrogen-bond donors (Lipinski definition) is 1. The lowest BCUT2D eigenvalue weighted by Gasteiger charge is -2.59. The van der Waals surface area contributed by atoms with Gasteiger partial charge in [-0.3, -0.25) is 0 Å². The van der Waals surface area contributed by atoms with Crippen LogP contribution in [0.2, 0.25) is 0 Å². The predicted molar refractivity (Wildman–Crippen MR) is 50.0 cm³/mol. The predicted octanol–water partition coefficient (Wildman–Crippen LogP) is 2.17. The minimum absolute atomic E-state index is 0.616. The lowest BCUT2D eigenvalue weighted by molar-refractivity contribution is -0.0786. The standard InChI is InChI=1S/C11H19N/c1-9-4-5-10(2)7-12-8(6-9)11(9,10)3/h8,12H,4-7H2,1-3H3. The van der Waals surface area contributed by atoms with Gasteiger partial charge in [0.05, 0.1) is 0 Å². The van der Waals surface area contributed by atoms with Gasteiger partial charge in [0.2, 0.25) is 0 Å². The van der Waals surface area contributed by atoms with Crippen molar-refractivity contribution in [2.24, 2.45) is 16.2 Å². The molecule has 3 rings (SSSR count). The average molecular weight is 165 g/mol. The van der Waals surface area contributed by atoms with Crippen molar-refractivity contribution in [1.82, 2.24) is 5.32 Å². The topological polar surface area (TPSA) is 12.0 Å². The summed E-state index contributed by atoms with van der Waals surface area (Å²) in [7, 11) is 0. The largest absolute Gasteiger partial charge is 0.313 e. The van der Waals surface area contributed by atoms with Crippen LogP contribution in [0.4, 0.5) is 0 Å². The van der Waals surface area contributed by atoms with Crippen LogP contribution in [0.3, 0.4) is 0 Å². The zero-order valence-electron chi connectivity index (χ0n) is 8.41. The molecule has 1 N–H and O–H groups in total. The fraction of sp³-hybridized carbons (Fsp3) is 1.00. The second-order valence-electron chi connectivity index (χ2n) is 5.96. The van der Waals surface area contributed by atoms with E-state index in [0.717, 1.165) is 6.04 Å². The molecule has 1 heterocycles. The monoisotopic (exact) mass is 165 g/mol. The maximum Gasteiger partial charge on any atom is 0.0137 e. The summed E-state index contributed by atoms with van der Waals surface area (Å²) >= 11 is 0. The fourth-order valence-electron chi connectivity index (χ4n) is 4.38. The highest BCUT2D eigenvalue weighted by atomic mass is 15.1. The summed E-state index contributed by atoms with van der Waals surface area (Å²) in [6.07, 6.45) is 4.35. The van der Waals surface area contributed by atoms with Crippen molar-refractivity contribution in [1.29, 1.82) is 0 Å². The maximum atomic E-state index is 3.69. The molecule has 1 heteroatoms. The van der Waals surface area contributed by atoms with Crippen LogP contribution in [0.25, 0.3) is 0 Å². The summed E-state index contributed by atoms with van der Waals surface area (Å²) in [5.41, 5.74) is 1.92. The van der Waals surface area contributed by atoms with Gasteiger partial charge in [0.15, 0.2) is 0 Å². The van der Waals surface area contributed by atoms with Gasteiger partial charge < -0.3 is 5.32 Å². The van der Waals surface area contributed by atoms with E-state index >= 15 is 0 Å². The summed E-state index contributed by atoms with van der Waals surface area (Å²) in [5.74, 6) is 0. The zero-order valence-corrected chi connectivity index (χ0v) is 8.41. The Labute approximate surface area is 74.9 Å². The first-order chi connectivity index (χ1) is 5.52. The molecule has 1 aliphatic heterocycles. The number of hydrogen-bond acceptors (Lipinski definition) is 1. The molecule has 2 aliphatic carbocycles. The molecule has 0 aromatic carbocycles. The highest BCUT2D eigenvalue weighted by Gasteiger charge is 2.73. The van der Waals surface area contributed by atoms with Crippen molar-refractivity contribution in [3.63, 3.8) is 0 Å². The van der Waals surface area contributed by atoms with Crippen LogP contribution in [0, 0.1) is 16.2 Å². The fourth-order valence-corrected chi connectivity index (χ4v) is 4.38. The van der Waals surface area contributed by atoms with Gasteiger partial charge in [-0.1, -0.05) is 20.8 Å². The SMILES string of the molecule is CC12CCC3(C)CC(NC1)C23C.